The fourth-order valence-corrected chi connectivity index (χ4v) is 14.9. The van der Waals surface area contributed by atoms with Gasteiger partial charge in [0, 0.05) is 11.8 Å². The molecule has 0 heterocycles. The van der Waals surface area contributed by atoms with Crippen LogP contribution in [0.3, 0.4) is 0 Å². The fraction of sp³-hybridized carbons (Fsp3) is 0.405. The molecule has 4 heteroatoms. The molecule has 0 radical (unpaired) electrons. The first-order valence-corrected chi connectivity index (χ1v) is 24.2. The van der Waals surface area contributed by atoms with Gasteiger partial charge in [0.15, 0.2) is 0 Å². The van der Waals surface area contributed by atoms with E-state index in [1.807, 2.05) is 0 Å². The summed E-state index contributed by atoms with van der Waals surface area (Å²) in [6.07, 6.45) is 27.8. The molecule has 0 aliphatic heterocycles. The molecule has 6 atom stereocenters. The predicted octanol–water partition coefficient (Wildman–Crippen LogP) is 12.0. The number of halogens is 2. The van der Waals surface area contributed by atoms with Gasteiger partial charge in [0.05, 0.1) is 8.07 Å². The van der Waals surface area contributed by atoms with Crippen LogP contribution in [0.25, 0.3) is 0 Å². The van der Waals surface area contributed by atoms with Crippen molar-refractivity contribution < 1.29 is 20.8 Å². The molecule has 0 N–H and O–H groups in total. The third-order valence-corrected chi connectivity index (χ3v) is 15.7. The Kier molecular flexibility index (Phi) is 13.7. The maximum absolute atomic E-state index is 4.93. The van der Waals surface area contributed by atoms with Gasteiger partial charge in [0.2, 0.25) is 0 Å². The van der Waals surface area contributed by atoms with Crippen LogP contribution in [0.4, 0.5) is 0 Å². The van der Waals surface area contributed by atoms with Gasteiger partial charge in [-0.25, -0.2) is 0 Å². The molecule has 218 valence electrons. The Hall–Kier alpha value is -0.920. The number of benzene rings is 2. The Morgan fingerprint density at radius 3 is 1.46 bits per heavy atom. The Bertz CT molecular complexity index is 1150. The molecule has 0 saturated heterocycles. The molecule has 2 aromatic rings. The van der Waals surface area contributed by atoms with Crippen LogP contribution < -0.4 is 0 Å². The van der Waals surface area contributed by atoms with Crippen LogP contribution in [-0.4, -0.2) is 8.07 Å². The molecule has 0 amide bonds. The van der Waals surface area contributed by atoms with E-state index in [2.05, 4.69) is 111 Å². The summed E-state index contributed by atoms with van der Waals surface area (Å²) in [6.45, 7) is 5.15. The number of fused-ring (bicyclic) bond motifs is 6. The van der Waals surface area contributed by atoms with E-state index in [1.165, 1.54) is 44.6 Å². The molecule has 6 rings (SSSR count). The number of hydrogen-bond donors (Lipinski definition) is 0. The normalized spacial score (nSPS) is 27.0. The molecule has 0 nitrogen and oxygen atoms in total. The molecule has 41 heavy (non-hydrogen) atoms. The SMILES string of the molecule is CCCCCCCC[Si](C)(C1c2ccccc2C2C=CC=CC21)C1c2ccccc2C2C=CC=CC21.[CH3-].[CH3-].[Cl][Zr+2][Cl]. The Labute approximate surface area is 271 Å². The monoisotopic (exact) mass is 680 g/mol. The summed E-state index contributed by atoms with van der Waals surface area (Å²) in [6, 6.07) is 20.5. The van der Waals surface area contributed by atoms with E-state index >= 15 is 0 Å². The molecular weight excluding hydrogens is 635 g/mol. The van der Waals surface area contributed by atoms with E-state index in [9.17, 15) is 0 Å². The van der Waals surface area contributed by atoms with Crippen molar-refractivity contribution in [1.82, 2.24) is 0 Å². The summed E-state index contributed by atoms with van der Waals surface area (Å²) in [5.74, 6) is 2.36. The quantitative estimate of drug-likeness (QED) is 0.140. The molecule has 4 aliphatic carbocycles. The molecule has 0 bridgehead atoms. The van der Waals surface area contributed by atoms with Gasteiger partial charge in [-0.2, -0.15) is 0 Å². The van der Waals surface area contributed by atoms with E-state index in [-0.39, 0.29) is 14.9 Å². The zero-order chi connectivity index (χ0) is 27.2. The molecule has 6 unspecified atom stereocenters. The fourth-order valence-electron chi connectivity index (χ4n) is 8.50. The Morgan fingerprint density at radius 2 is 1.00 bits per heavy atom. The van der Waals surface area contributed by atoms with Gasteiger partial charge >= 0.3 is 37.9 Å². The number of rotatable bonds is 9. The second kappa shape index (κ2) is 16.2. The first-order chi connectivity index (χ1) is 19.2. The summed E-state index contributed by atoms with van der Waals surface area (Å²) in [7, 11) is 8.03. The van der Waals surface area contributed by atoms with Crippen LogP contribution in [-0.2, 0) is 20.8 Å². The number of allylic oxidation sites excluding steroid dienone is 8. The molecular formula is C37H48Cl2SiZr. The molecule has 2 aromatic carbocycles. The van der Waals surface area contributed by atoms with Crippen LogP contribution in [0.5, 0.6) is 0 Å². The second-order valence-electron chi connectivity index (χ2n) is 12.1. The van der Waals surface area contributed by atoms with Crippen molar-refractivity contribution in [3.8, 4) is 0 Å². The van der Waals surface area contributed by atoms with Crippen LogP contribution in [0, 0.1) is 26.7 Å². The van der Waals surface area contributed by atoms with Crippen molar-refractivity contribution >= 4 is 25.1 Å². The van der Waals surface area contributed by atoms with E-state index < -0.39 is 28.9 Å². The van der Waals surface area contributed by atoms with Crippen molar-refractivity contribution in [3.05, 3.63) is 134 Å². The van der Waals surface area contributed by atoms with Gasteiger partial charge in [-0.05, 0) is 45.2 Å². The predicted molar refractivity (Wildman–Crippen MR) is 182 cm³/mol. The zero-order valence-corrected chi connectivity index (χ0v) is 30.4. The van der Waals surface area contributed by atoms with Crippen LogP contribution >= 0.6 is 17.0 Å². The van der Waals surface area contributed by atoms with Crippen LogP contribution in [0.15, 0.2) is 97.1 Å². The number of unbranched alkanes of at least 4 members (excludes halogenated alkanes) is 5. The van der Waals surface area contributed by atoms with E-state index in [0.717, 1.165) is 0 Å². The van der Waals surface area contributed by atoms with Gasteiger partial charge < -0.3 is 14.9 Å². The third kappa shape index (κ3) is 6.93. The van der Waals surface area contributed by atoms with Crippen LogP contribution in [0.1, 0.15) is 90.6 Å². The first-order valence-electron chi connectivity index (χ1n) is 15.0. The molecule has 4 aliphatic rings. The van der Waals surface area contributed by atoms with E-state index in [1.54, 1.807) is 22.3 Å². The molecule has 0 saturated carbocycles. The summed E-state index contributed by atoms with van der Waals surface area (Å²) < 4.78 is 0. The standard InChI is InChI=1S/C35H42Si.2CH3.2ClH.Zr/c1-3-4-5-6-7-16-25-36(2,34-30-21-12-8-17-26(30)27-18-9-13-22-31(27)34)35-32-23-14-10-19-28(32)29-20-11-15-24-33(29)35;;;;;/h8-15,17-24,26,28,30,32,34-35H,3-7,16,25H2,1-2H3;2*1H3;2*1H;/q;2*-1;;;+4/p-2. The maximum atomic E-state index is 4.93. The molecule has 0 fully saturated rings. The summed E-state index contributed by atoms with van der Waals surface area (Å²) in [4.78, 5) is 0. The Balaban J connectivity index is 0.000000887. The average molecular weight is 683 g/mol. The summed E-state index contributed by atoms with van der Waals surface area (Å²) in [5, 5.41) is 0. The van der Waals surface area contributed by atoms with Gasteiger partial charge in [-0.3, -0.25) is 0 Å². The summed E-state index contributed by atoms with van der Waals surface area (Å²) in [5.41, 5.74) is 7.95. The average Bonchev–Trinajstić information content (AvgIpc) is 3.49. The van der Waals surface area contributed by atoms with Crippen molar-refractivity contribution in [1.29, 1.82) is 0 Å². The summed E-state index contributed by atoms with van der Waals surface area (Å²) >= 11 is -0.826. The molecule has 0 aromatic heterocycles. The Morgan fingerprint density at radius 1 is 0.610 bits per heavy atom. The third-order valence-electron chi connectivity index (χ3n) is 10.00. The van der Waals surface area contributed by atoms with Crippen molar-refractivity contribution in [2.75, 3.05) is 0 Å². The number of hydrogen-bond acceptors (Lipinski definition) is 0. The van der Waals surface area contributed by atoms with Crippen molar-refractivity contribution in [2.45, 2.75) is 81.0 Å². The van der Waals surface area contributed by atoms with Gasteiger partial charge in [-0.15, -0.1) is 0 Å². The van der Waals surface area contributed by atoms with Gasteiger partial charge in [0.1, 0.15) is 0 Å². The second-order valence-corrected chi connectivity index (χ2v) is 20.5. The topological polar surface area (TPSA) is 0 Å². The van der Waals surface area contributed by atoms with Crippen LogP contribution in [0.2, 0.25) is 12.6 Å². The minimum absolute atomic E-state index is 0. The van der Waals surface area contributed by atoms with Gasteiger partial charge in [-0.1, -0.05) is 155 Å². The van der Waals surface area contributed by atoms with Crippen molar-refractivity contribution in [3.63, 3.8) is 0 Å². The zero-order valence-electron chi connectivity index (χ0n) is 25.4. The van der Waals surface area contributed by atoms with Crippen molar-refractivity contribution in [2.24, 2.45) is 11.8 Å². The first kappa shape index (κ1) is 34.6. The van der Waals surface area contributed by atoms with E-state index in [0.29, 0.717) is 34.8 Å². The van der Waals surface area contributed by atoms with Gasteiger partial charge in [0.25, 0.3) is 0 Å². The van der Waals surface area contributed by atoms with E-state index in [4.69, 9.17) is 17.0 Å². The minimum atomic E-state index is -1.84. The molecule has 0 spiro atoms.